The van der Waals surface area contributed by atoms with E-state index in [9.17, 15) is 14.4 Å². The maximum atomic E-state index is 12.9. The minimum absolute atomic E-state index is 0.0822. The fourth-order valence-electron chi connectivity index (χ4n) is 3.62. The van der Waals surface area contributed by atoms with Gasteiger partial charge in [-0.3, -0.25) is 18.7 Å². The Bertz CT molecular complexity index is 958. The maximum absolute atomic E-state index is 12.9. The summed E-state index contributed by atoms with van der Waals surface area (Å²) in [4.78, 5) is 41.7. The number of piperazine rings is 1. The van der Waals surface area contributed by atoms with Crippen LogP contribution in [0.25, 0.3) is 10.9 Å². The average molecular weight is 394 g/mol. The van der Waals surface area contributed by atoms with Crippen LogP contribution >= 0.6 is 11.6 Å². The first-order chi connectivity index (χ1) is 13.0. The van der Waals surface area contributed by atoms with Crippen molar-refractivity contribution < 1.29 is 9.69 Å². The van der Waals surface area contributed by atoms with E-state index in [1.165, 1.54) is 14.0 Å². The summed E-state index contributed by atoms with van der Waals surface area (Å²) in [7, 11) is 0. The second-order valence-electron chi connectivity index (χ2n) is 6.97. The first kappa shape index (κ1) is 19.6. The summed E-state index contributed by atoms with van der Waals surface area (Å²) in [5.74, 6) is -0.102. The predicted octanol–water partition coefficient (Wildman–Crippen LogP) is -0.0264. The van der Waals surface area contributed by atoms with E-state index in [0.717, 1.165) is 19.6 Å². The number of amides is 1. The Morgan fingerprint density at radius 3 is 2.48 bits per heavy atom. The lowest BCUT2D eigenvalue weighted by molar-refractivity contribution is -0.902. The molecule has 1 aliphatic rings. The molecule has 8 heteroatoms. The van der Waals surface area contributed by atoms with Gasteiger partial charge in [-0.1, -0.05) is 18.5 Å². The van der Waals surface area contributed by atoms with Crippen molar-refractivity contribution in [2.45, 2.75) is 33.4 Å². The number of nitrogens with one attached hydrogen (secondary N) is 1. The van der Waals surface area contributed by atoms with Gasteiger partial charge in [-0.25, -0.2) is 4.79 Å². The number of benzene rings is 1. The van der Waals surface area contributed by atoms with Crippen molar-refractivity contribution in [3.63, 3.8) is 0 Å². The van der Waals surface area contributed by atoms with E-state index in [-0.39, 0.29) is 18.0 Å². The highest BCUT2D eigenvalue weighted by Gasteiger charge is 2.24. The minimum Gasteiger partial charge on any atom is -0.332 e. The largest absolute Gasteiger partial charge is 0.332 e. The molecule has 0 unspecified atom stereocenters. The number of quaternary nitrogens is 1. The molecule has 0 atom stereocenters. The summed E-state index contributed by atoms with van der Waals surface area (Å²) in [5, 5.41) is 0.830. The molecule has 1 N–H and O–H groups in total. The van der Waals surface area contributed by atoms with Gasteiger partial charge in [0.2, 0.25) is 5.91 Å². The summed E-state index contributed by atoms with van der Waals surface area (Å²) in [6.07, 6.45) is 0.657. The second-order valence-corrected chi connectivity index (χ2v) is 7.41. The van der Waals surface area contributed by atoms with Crippen molar-refractivity contribution in [3.8, 4) is 0 Å². The minimum atomic E-state index is -0.456. The van der Waals surface area contributed by atoms with Gasteiger partial charge in [0.1, 0.15) is 6.54 Å². The number of hydrogen-bond donors (Lipinski definition) is 1. The predicted molar refractivity (Wildman–Crippen MR) is 106 cm³/mol. The number of halogens is 1. The maximum Gasteiger partial charge on any atom is 0.331 e. The molecule has 7 nitrogen and oxygen atoms in total. The van der Waals surface area contributed by atoms with Gasteiger partial charge in [-0.05, 0) is 31.5 Å². The van der Waals surface area contributed by atoms with Crippen molar-refractivity contribution >= 4 is 28.4 Å². The molecule has 0 spiro atoms. The molecule has 0 radical (unpaired) electrons. The molecule has 2 aromatic rings. The lowest BCUT2D eigenvalue weighted by Crippen LogP contribution is -3.14. The van der Waals surface area contributed by atoms with Crippen LogP contribution in [0.15, 0.2) is 27.8 Å². The number of carbonyl (C=O) groups is 1. The normalized spacial score (nSPS) is 15.4. The van der Waals surface area contributed by atoms with Crippen LogP contribution in [-0.2, 0) is 17.9 Å². The lowest BCUT2D eigenvalue weighted by Gasteiger charge is -2.31. The summed E-state index contributed by atoms with van der Waals surface area (Å²) < 4.78 is 2.60. The zero-order valence-electron chi connectivity index (χ0n) is 15.8. The number of rotatable bonds is 5. The quantitative estimate of drug-likeness (QED) is 0.776. The SMILES string of the molecule is CCCn1c(=O)c2ccc(Cl)cc2n(CC(=O)N2CC[NH+](CC)CC2)c1=O. The van der Waals surface area contributed by atoms with E-state index >= 15 is 0 Å². The molecular formula is C19H26ClN4O3+. The molecule has 0 saturated carbocycles. The highest BCUT2D eigenvalue weighted by molar-refractivity contribution is 6.31. The van der Waals surface area contributed by atoms with E-state index in [0.29, 0.717) is 42.0 Å². The van der Waals surface area contributed by atoms with Crippen molar-refractivity contribution in [1.29, 1.82) is 0 Å². The standard InChI is InChI=1S/C19H25ClN4O3/c1-3-7-23-18(26)15-6-5-14(20)12-16(15)24(19(23)27)13-17(25)22-10-8-21(4-2)9-11-22/h5-6,12H,3-4,7-11,13H2,1-2H3/p+1. The summed E-state index contributed by atoms with van der Waals surface area (Å²) >= 11 is 6.09. The third-order valence-electron chi connectivity index (χ3n) is 5.25. The number of likely N-dealkylation sites (N-methyl/N-ethyl adjacent to an activating group) is 1. The van der Waals surface area contributed by atoms with Gasteiger partial charge in [-0.15, -0.1) is 0 Å². The molecule has 1 amide bonds. The van der Waals surface area contributed by atoms with Crippen LogP contribution in [0.3, 0.4) is 0 Å². The molecule has 0 aliphatic carbocycles. The summed E-state index contributed by atoms with van der Waals surface area (Å²) in [6.45, 7) is 8.53. The van der Waals surface area contributed by atoms with E-state index in [2.05, 4.69) is 6.92 Å². The van der Waals surface area contributed by atoms with E-state index in [4.69, 9.17) is 11.6 Å². The lowest BCUT2D eigenvalue weighted by atomic mass is 10.2. The third-order valence-corrected chi connectivity index (χ3v) is 5.49. The van der Waals surface area contributed by atoms with Gasteiger partial charge in [0.25, 0.3) is 5.56 Å². The number of hydrogen-bond acceptors (Lipinski definition) is 3. The van der Waals surface area contributed by atoms with E-state index in [1.807, 2.05) is 6.92 Å². The van der Waals surface area contributed by atoms with Gasteiger partial charge in [0.05, 0.1) is 43.6 Å². The van der Waals surface area contributed by atoms with Gasteiger partial charge in [0.15, 0.2) is 0 Å². The number of carbonyl (C=O) groups excluding carboxylic acids is 1. The highest BCUT2D eigenvalue weighted by Crippen LogP contribution is 2.16. The second kappa shape index (κ2) is 8.27. The van der Waals surface area contributed by atoms with Crippen LogP contribution in [-0.4, -0.2) is 52.7 Å². The molecule has 27 heavy (non-hydrogen) atoms. The zero-order valence-corrected chi connectivity index (χ0v) is 16.6. The molecule has 0 bridgehead atoms. The molecule has 1 aliphatic heterocycles. The molecule has 1 saturated heterocycles. The molecule has 1 aromatic carbocycles. The smallest absolute Gasteiger partial charge is 0.331 e. The van der Waals surface area contributed by atoms with Crippen molar-refractivity contribution in [3.05, 3.63) is 44.1 Å². The number of fused-ring (bicyclic) bond motifs is 1. The Kier molecular flexibility index (Phi) is 6.01. The zero-order chi connectivity index (χ0) is 19.6. The van der Waals surface area contributed by atoms with Gasteiger partial charge < -0.3 is 9.80 Å². The van der Waals surface area contributed by atoms with Gasteiger partial charge in [-0.2, -0.15) is 0 Å². The Labute approximate surface area is 162 Å². The topological polar surface area (TPSA) is 68.8 Å². The van der Waals surface area contributed by atoms with Crippen LogP contribution < -0.4 is 16.1 Å². The van der Waals surface area contributed by atoms with Crippen molar-refractivity contribution in [2.24, 2.45) is 0 Å². The monoisotopic (exact) mass is 393 g/mol. The molecule has 3 rings (SSSR count). The molecule has 1 fully saturated rings. The highest BCUT2D eigenvalue weighted by atomic mass is 35.5. The van der Waals surface area contributed by atoms with Crippen LogP contribution in [0.4, 0.5) is 0 Å². The van der Waals surface area contributed by atoms with E-state index in [1.54, 1.807) is 23.1 Å². The Morgan fingerprint density at radius 1 is 1.15 bits per heavy atom. The fourth-order valence-corrected chi connectivity index (χ4v) is 3.79. The van der Waals surface area contributed by atoms with Crippen LogP contribution in [0.5, 0.6) is 0 Å². The Morgan fingerprint density at radius 2 is 1.85 bits per heavy atom. The molecular weight excluding hydrogens is 368 g/mol. The molecule has 1 aromatic heterocycles. The number of nitrogens with zero attached hydrogens (tertiary/aromatic N) is 3. The van der Waals surface area contributed by atoms with Crippen LogP contribution in [0.1, 0.15) is 20.3 Å². The first-order valence-electron chi connectivity index (χ1n) is 9.50. The first-order valence-corrected chi connectivity index (χ1v) is 9.88. The fraction of sp³-hybridized carbons (Fsp3) is 0.526. The number of aromatic nitrogens is 2. The van der Waals surface area contributed by atoms with Crippen LogP contribution in [0.2, 0.25) is 5.02 Å². The molecule has 2 heterocycles. The van der Waals surface area contributed by atoms with Gasteiger partial charge in [0, 0.05) is 11.6 Å². The molecule has 146 valence electrons. The summed E-state index contributed by atoms with van der Waals surface area (Å²) in [6, 6.07) is 4.84. The average Bonchev–Trinajstić information content (AvgIpc) is 2.68. The van der Waals surface area contributed by atoms with Gasteiger partial charge >= 0.3 is 5.69 Å². The Balaban J connectivity index is 2.00. The van der Waals surface area contributed by atoms with Crippen molar-refractivity contribution in [2.75, 3.05) is 32.7 Å². The van der Waals surface area contributed by atoms with E-state index < -0.39 is 5.69 Å². The summed E-state index contributed by atoms with van der Waals surface area (Å²) in [5.41, 5.74) is -0.379. The van der Waals surface area contributed by atoms with Crippen molar-refractivity contribution in [1.82, 2.24) is 14.0 Å². The Hall–Kier alpha value is -2.12. The third kappa shape index (κ3) is 3.94. The van der Waals surface area contributed by atoms with Crippen LogP contribution in [0, 0.1) is 0 Å².